The summed E-state index contributed by atoms with van der Waals surface area (Å²) in [5, 5.41) is 0. The molecule has 3 nitrogen and oxygen atoms in total. The normalized spacial score (nSPS) is 38.2. The van der Waals surface area contributed by atoms with Gasteiger partial charge in [-0.1, -0.05) is 12.5 Å². The zero-order valence-corrected chi connectivity index (χ0v) is 14.7. The molecule has 0 heterocycles. The minimum atomic E-state index is -0.273. The second-order valence-electron chi connectivity index (χ2n) is 8.45. The summed E-state index contributed by atoms with van der Waals surface area (Å²) in [6.45, 7) is 3.68. The van der Waals surface area contributed by atoms with E-state index in [-0.39, 0.29) is 28.7 Å². The number of carbonyl (C=O) groups is 3. The van der Waals surface area contributed by atoms with Crippen LogP contribution in [0.25, 0.3) is 0 Å². The molecule has 0 aromatic heterocycles. The van der Waals surface area contributed by atoms with E-state index >= 15 is 0 Å². The maximum absolute atomic E-state index is 12.4. The fourth-order valence-corrected chi connectivity index (χ4v) is 6.21. The van der Waals surface area contributed by atoms with Gasteiger partial charge in [0.1, 0.15) is 0 Å². The first-order valence-corrected chi connectivity index (χ1v) is 9.42. The highest BCUT2D eigenvalue weighted by Gasteiger charge is 2.55. The topological polar surface area (TPSA) is 51.2 Å². The van der Waals surface area contributed by atoms with Gasteiger partial charge in [-0.2, -0.15) is 0 Å². The van der Waals surface area contributed by atoms with Crippen molar-refractivity contribution in [2.24, 2.45) is 23.2 Å². The largest absolute Gasteiger partial charge is 0.295 e. The molecule has 4 atom stereocenters. The zero-order valence-electron chi connectivity index (χ0n) is 14.7. The van der Waals surface area contributed by atoms with Gasteiger partial charge in [0.25, 0.3) is 0 Å². The van der Waals surface area contributed by atoms with E-state index in [1.54, 1.807) is 5.57 Å². The van der Waals surface area contributed by atoms with Crippen LogP contribution in [0.2, 0.25) is 0 Å². The Morgan fingerprint density at radius 1 is 1.08 bits per heavy atom. The minimum absolute atomic E-state index is 0.0107. The fraction of sp³-hybridized carbons (Fsp3) is 0.667. The van der Waals surface area contributed by atoms with Crippen LogP contribution >= 0.6 is 0 Å². The van der Waals surface area contributed by atoms with Crippen LogP contribution in [0.15, 0.2) is 22.8 Å². The van der Waals surface area contributed by atoms with E-state index in [1.807, 2.05) is 6.08 Å². The van der Waals surface area contributed by atoms with Gasteiger partial charge >= 0.3 is 0 Å². The van der Waals surface area contributed by atoms with Crippen molar-refractivity contribution in [1.29, 1.82) is 0 Å². The molecule has 4 rings (SSSR count). The van der Waals surface area contributed by atoms with Crippen LogP contribution in [0.1, 0.15) is 65.2 Å². The lowest BCUT2D eigenvalue weighted by Crippen LogP contribution is -2.43. The standard InChI is InChI=1S/C21H26O3/c1-12(22)20(24)19-8-7-18-17-5-3-13-11-14(23)4-6-15(13)16(17)9-10-21(18,19)2/h11,17-19H,3-10H2,1-2H3/t17-,18+,19-,21+/m1/s1. The van der Waals surface area contributed by atoms with Crippen molar-refractivity contribution in [3.05, 3.63) is 22.8 Å². The van der Waals surface area contributed by atoms with Crippen molar-refractivity contribution in [2.75, 3.05) is 0 Å². The van der Waals surface area contributed by atoms with E-state index in [1.165, 1.54) is 18.1 Å². The predicted octanol–water partition coefficient (Wildman–Crippen LogP) is 3.97. The van der Waals surface area contributed by atoms with Gasteiger partial charge in [0.2, 0.25) is 5.78 Å². The Hall–Kier alpha value is -1.51. The average Bonchev–Trinajstić information content (AvgIpc) is 2.90. The highest BCUT2D eigenvalue weighted by Crippen LogP contribution is 2.62. The van der Waals surface area contributed by atoms with E-state index in [2.05, 4.69) is 6.92 Å². The molecule has 0 aromatic rings. The lowest BCUT2D eigenvalue weighted by molar-refractivity contribution is -0.140. The van der Waals surface area contributed by atoms with Gasteiger partial charge in [-0.3, -0.25) is 14.4 Å². The number of rotatable bonds is 2. The number of Topliss-reactive ketones (excluding diaryl/α,β-unsaturated/α-hetero) is 2. The first-order chi connectivity index (χ1) is 11.4. The second-order valence-corrected chi connectivity index (χ2v) is 8.45. The SMILES string of the molecule is CC(=O)C(=O)[C@H]1CC[C@H]2[C@@H]3CCC4=CC(=O)CCC4=C3CC[C@]12C. The Labute approximate surface area is 143 Å². The van der Waals surface area contributed by atoms with Crippen LogP contribution in [-0.4, -0.2) is 17.3 Å². The van der Waals surface area contributed by atoms with Gasteiger partial charge in [0.15, 0.2) is 11.6 Å². The molecule has 0 aromatic carbocycles. The van der Waals surface area contributed by atoms with Gasteiger partial charge in [-0.25, -0.2) is 0 Å². The van der Waals surface area contributed by atoms with Crippen LogP contribution < -0.4 is 0 Å². The third-order valence-corrected chi connectivity index (χ3v) is 7.40. The first kappa shape index (κ1) is 16.0. The molecule has 0 spiro atoms. The predicted molar refractivity (Wildman–Crippen MR) is 91.3 cm³/mol. The highest BCUT2D eigenvalue weighted by molar-refractivity contribution is 6.37. The average molecular weight is 326 g/mol. The van der Waals surface area contributed by atoms with Crippen molar-refractivity contribution < 1.29 is 14.4 Å². The van der Waals surface area contributed by atoms with Crippen LogP contribution in [0.4, 0.5) is 0 Å². The van der Waals surface area contributed by atoms with Gasteiger partial charge in [0.05, 0.1) is 0 Å². The van der Waals surface area contributed by atoms with Gasteiger partial charge < -0.3 is 0 Å². The lowest BCUT2D eigenvalue weighted by atomic mass is 9.55. The lowest BCUT2D eigenvalue weighted by Gasteiger charge is -2.48. The summed E-state index contributed by atoms with van der Waals surface area (Å²) in [4.78, 5) is 35.8. The van der Waals surface area contributed by atoms with Crippen molar-refractivity contribution >= 4 is 17.3 Å². The van der Waals surface area contributed by atoms with Crippen molar-refractivity contribution in [3.8, 4) is 0 Å². The van der Waals surface area contributed by atoms with Crippen LogP contribution in [0.3, 0.4) is 0 Å². The summed E-state index contributed by atoms with van der Waals surface area (Å²) >= 11 is 0. The van der Waals surface area contributed by atoms with E-state index in [4.69, 9.17) is 0 Å². The second kappa shape index (κ2) is 5.50. The van der Waals surface area contributed by atoms with Gasteiger partial charge in [-0.05, 0) is 79.4 Å². The Morgan fingerprint density at radius 2 is 1.88 bits per heavy atom. The van der Waals surface area contributed by atoms with E-state index < -0.39 is 0 Å². The molecule has 0 radical (unpaired) electrons. The quantitative estimate of drug-likeness (QED) is 0.722. The monoisotopic (exact) mass is 326 g/mol. The summed E-state index contributed by atoms with van der Waals surface area (Å²) in [7, 11) is 0. The third-order valence-electron chi connectivity index (χ3n) is 7.40. The van der Waals surface area contributed by atoms with Gasteiger partial charge in [0, 0.05) is 19.3 Å². The number of fused-ring (bicyclic) bond motifs is 4. The van der Waals surface area contributed by atoms with E-state index in [9.17, 15) is 14.4 Å². The Kier molecular flexibility index (Phi) is 3.67. The number of hydrogen-bond acceptors (Lipinski definition) is 3. The number of ketones is 3. The Bertz CT molecular complexity index is 696. The molecular weight excluding hydrogens is 300 g/mol. The van der Waals surface area contributed by atoms with Crippen LogP contribution in [0, 0.1) is 23.2 Å². The molecule has 2 saturated carbocycles. The first-order valence-electron chi connectivity index (χ1n) is 9.42. The summed E-state index contributed by atoms with van der Waals surface area (Å²) in [6, 6.07) is 0. The molecule has 0 amide bonds. The van der Waals surface area contributed by atoms with Crippen LogP contribution in [-0.2, 0) is 14.4 Å². The Morgan fingerprint density at radius 3 is 2.62 bits per heavy atom. The molecular formula is C21H26O3. The molecule has 24 heavy (non-hydrogen) atoms. The Balaban J connectivity index is 1.68. The maximum atomic E-state index is 12.4. The number of carbonyl (C=O) groups excluding carboxylic acids is 3. The summed E-state index contributed by atoms with van der Waals surface area (Å²) in [5.41, 5.74) is 4.33. The van der Waals surface area contributed by atoms with Crippen molar-refractivity contribution in [1.82, 2.24) is 0 Å². The smallest absolute Gasteiger partial charge is 0.201 e. The maximum Gasteiger partial charge on any atom is 0.201 e. The molecule has 128 valence electrons. The van der Waals surface area contributed by atoms with Crippen molar-refractivity contribution in [2.45, 2.75) is 65.2 Å². The molecule has 0 N–H and O–H groups in total. The molecule has 4 aliphatic rings. The van der Waals surface area contributed by atoms with Crippen molar-refractivity contribution in [3.63, 3.8) is 0 Å². The fourth-order valence-electron chi connectivity index (χ4n) is 6.21. The summed E-state index contributed by atoms with van der Waals surface area (Å²) < 4.78 is 0. The molecule has 2 fully saturated rings. The summed E-state index contributed by atoms with van der Waals surface area (Å²) in [5.74, 6) is 0.884. The summed E-state index contributed by atoms with van der Waals surface area (Å²) in [6.07, 6.45) is 9.56. The molecule has 0 saturated heterocycles. The van der Waals surface area contributed by atoms with E-state index in [0.29, 0.717) is 18.3 Å². The molecule has 3 heteroatoms. The van der Waals surface area contributed by atoms with E-state index in [0.717, 1.165) is 44.9 Å². The zero-order chi connectivity index (χ0) is 17.1. The molecule has 0 bridgehead atoms. The number of hydrogen-bond donors (Lipinski definition) is 0. The molecule has 4 aliphatic carbocycles. The number of allylic oxidation sites excluding steroid dienone is 4. The highest BCUT2D eigenvalue weighted by atomic mass is 16.2. The third kappa shape index (κ3) is 2.20. The molecule has 0 aliphatic heterocycles. The minimum Gasteiger partial charge on any atom is -0.295 e. The molecule has 0 unspecified atom stereocenters. The van der Waals surface area contributed by atoms with Crippen LogP contribution in [0.5, 0.6) is 0 Å². The van der Waals surface area contributed by atoms with Gasteiger partial charge in [-0.15, -0.1) is 0 Å².